The monoisotopic (exact) mass is 443 g/mol. The van der Waals surface area contributed by atoms with Crippen molar-refractivity contribution in [2.75, 3.05) is 46.8 Å². The van der Waals surface area contributed by atoms with Gasteiger partial charge in [-0.2, -0.15) is 0 Å². The zero-order valence-corrected chi connectivity index (χ0v) is 18.4. The quantitative estimate of drug-likeness (QED) is 0.266. The van der Waals surface area contributed by atoms with Gasteiger partial charge in [-0.05, 0) is 32.1 Å². The van der Waals surface area contributed by atoms with Crippen LogP contribution >= 0.6 is 12.2 Å². The molecule has 0 aliphatic heterocycles. The molecule has 10 nitrogen and oxygen atoms in total. The van der Waals surface area contributed by atoms with Crippen LogP contribution in [0.3, 0.4) is 0 Å². The molecule has 11 heteroatoms. The number of aromatic amines is 1. The Kier molecular flexibility index (Phi) is 10.2. The number of carbonyl (C=O) groups excluding carboxylic acids is 1. The first kappa shape index (κ1) is 24.2. The summed E-state index contributed by atoms with van der Waals surface area (Å²) in [6, 6.07) is 1.76. The number of nitrogens with zero attached hydrogens (tertiary/aromatic N) is 2. The van der Waals surface area contributed by atoms with Crippen molar-refractivity contribution in [2.24, 2.45) is 0 Å². The van der Waals surface area contributed by atoms with Gasteiger partial charge < -0.3 is 32.8 Å². The fourth-order valence-electron chi connectivity index (χ4n) is 2.67. The van der Waals surface area contributed by atoms with Crippen molar-refractivity contribution in [3.05, 3.63) is 27.4 Å². The average molecular weight is 444 g/mol. The molecular weight excluding hydrogens is 414 g/mol. The number of hydrogen-bond donors (Lipinski definition) is 1. The largest absolute Gasteiger partial charge is 0.442 e. The lowest BCUT2D eigenvalue weighted by molar-refractivity contribution is -0.153. The summed E-state index contributed by atoms with van der Waals surface area (Å²) in [5.41, 5.74) is 0.673. The maximum Gasteiger partial charge on any atom is 0.333 e. The van der Waals surface area contributed by atoms with E-state index in [4.69, 9.17) is 35.9 Å². The number of hydrogen-bond acceptors (Lipinski definition) is 8. The number of H-pyrrole nitrogens is 1. The van der Waals surface area contributed by atoms with E-state index in [1.54, 1.807) is 28.5 Å². The van der Waals surface area contributed by atoms with Gasteiger partial charge in [0, 0.05) is 19.9 Å². The van der Waals surface area contributed by atoms with Crippen molar-refractivity contribution in [1.82, 2.24) is 14.1 Å². The van der Waals surface area contributed by atoms with Gasteiger partial charge in [-0.25, -0.2) is 4.79 Å². The van der Waals surface area contributed by atoms with Crippen LogP contribution in [0.4, 0.5) is 0 Å². The molecule has 0 amide bonds. The molecule has 2 aromatic rings. The molecule has 0 spiro atoms. The number of fused-ring (bicyclic) bond motifs is 1. The first-order valence-electron chi connectivity index (χ1n) is 9.67. The summed E-state index contributed by atoms with van der Waals surface area (Å²) in [6.07, 6.45) is 1.77. The molecule has 0 radical (unpaired) electrons. The molecule has 0 atom stereocenters. The van der Waals surface area contributed by atoms with Gasteiger partial charge in [0.25, 0.3) is 5.56 Å². The number of rotatable bonds is 14. The molecule has 30 heavy (non-hydrogen) atoms. The summed E-state index contributed by atoms with van der Waals surface area (Å²) in [5.74, 6) is -0.539. The molecule has 0 aromatic carbocycles. The Bertz CT molecular complexity index is 919. The van der Waals surface area contributed by atoms with E-state index in [1.807, 2.05) is 13.8 Å². The van der Waals surface area contributed by atoms with Gasteiger partial charge in [0.15, 0.2) is 11.5 Å². The zero-order chi connectivity index (χ0) is 21.9. The molecule has 0 aliphatic carbocycles. The second-order valence-corrected chi connectivity index (χ2v) is 7.04. The van der Waals surface area contributed by atoms with Gasteiger partial charge in [0.05, 0.1) is 44.7 Å². The molecule has 2 heterocycles. The standard InChI is InChI=1S/C19H29N3O7S/c1-14(2)28-7-6-22-15-4-5-21(17(15)18(24)20-19(22)30)13-29-16(23)12-27-11-10-26-9-8-25-3/h4-5,14H,6-13H2,1-3H3,(H,20,24,30). The summed E-state index contributed by atoms with van der Waals surface area (Å²) in [4.78, 5) is 26.9. The fraction of sp³-hybridized carbons (Fsp3) is 0.632. The number of aromatic nitrogens is 3. The second kappa shape index (κ2) is 12.6. The summed E-state index contributed by atoms with van der Waals surface area (Å²) in [5, 5.41) is 0. The van der Waals surface area contributed by atoms with Gasteiger partial charge in [-0.15, -0.1) is 0 Å². The molecule has 168 valence electrons. The van der Waals surface area contributed by atoms with Crippen LogP contribution in [-0.4, -0.2) is 72.9 Å². The second-order valence-electron chi connectivity index (χ2n) is 6.65. The predicted octanol–water partition coefficient (Wildman–Crippen LogP) is 1.47. The van der Waals surface area contributed by atoms with Crippen LogP contribution in [0.25, 0.3) is 11.0 Å². The summed E-state index contributed by atoms with van der Waals surface area (Å²) < 4.78 is 29.7. The van der Waals surface area contributed by atoms with Crippen molar-refractivity contribution < 1.29 is 28.5 Å². The van der Waals surface area contributed by atoms with Crippen molar-refractivity contribution >= 4 is 29.2 Å². The molecular formula is C19H29N3O7S. The van der Waals surface area contributed by atoms with E-state index >= 15 is 0 Å². The topological polar surface area (TPSA) is 106 Å². The van der Waals surface area contributed by atoms with Gasteiger partial charge in [0.2, 0.25) is 0 Å². The Morgan fingerprint density at radius 1 is 1.17 bits per heavy atom. The SMILES string of the molecule is COCCOCCOCC(=O)OCn1ccc2c1c(=O)[nH]c(=S)n2CCOC(C)C. The Balaban J connectivity index is 1.91. The Morgan fingerprint density at radius 3 is 2.63 bits per heavy atom. The molecule has 0 aliphatic rings. The lowest BCUT2D eigenvalue weighted by atomic mass is 10.4. The lowest BCUT2D eigenvalue weighted by Crippen LogP contribution is -2.21. The van der Waals surface area contributed by atoms with E-state index in [0.717, 1.165) is 0 Å². The van der Waals surface area contributed by atoms with Crippen molar-refractivity contribution in [2.45, 2.75) is 33.2 Å². The number of nitrogens with one attached hydrogen (secondary N) is 1. The highest BCUT2D eigenvalue weighted by Crippen LogP contribution is 2.13. The van der Waals surface area contributed by atoms with Gasteiger partial charge in [0.1, 0.15) is 12.1 Å². The molecule has 0 saturated heterocycles. The first-order chi connectivity index (χ1) is 14.4. The average Bonchev–Trinajstić information content (AvgIpc) is 3.12. The van der Waals surface area contributed by atoms with Crippen LogP contribution < -0.4 is 5.56 Å². The van der Waals surface area contributed by atoms with Crippen LogP contribution in [-0.2, 0) is 41.8 Å². The predicted molar refractivity (Wildman–Crippen MR) is 112 cm³/mol. The minimum absolute atomic E-state index is 0.0978. The van der Waals surface area contributed by atoms with Gasteiger partial charge in [-0.1, -0.05) is 0 Å². The third kappa shape index (κ3) is 7.33. The number of carbonyl (C=O) groups is 1. The van der Waals surface area contributed by atoms with Crippen molar-refractivity contribution in [3.8, 4) is 0 Å². The Labute approximate surface area is 179 Å². The molecule has 2 rings (SSSR count). The highest BCUT2D eigenvalue weighted by atomic mass is 32.1. The lowest BCUT2D eigenvalue weighted by Gasteiger charge is -2.12. The van der Waals surface area contributed by atoms with E-state index in [2.05, 4.69) is 4.98 Å². The molecule has 2 aromatic heterocycles. The third-order valence-corrected chi connectivity index (χ3v) is 4.39. The number of esters is 1. The maximum atomic E-state index is 12.4. The van der Waals surface area contributed by atoms with E-state index in [-0.39, 0.29) is 31.6 Å². The molecule has 0 bridgehead atoms. The number of methoxy groups -OCH3 is 1. The summed E-state index contributed by atoms with van der Waals surface area (Å²) >= 11 is 5.28. The van der Waals surface area contributed by atoms with E-state index < -0.39 is 5.97 Å². The first-order valence-corrected chi connectivity index (χ1v) is 10.1. The van der Waals surface area contributed by atoms with Crippen LogP contribution in [0.1, 0.15) is 13.8 Å². The molecule has 1 N–H and O–H groups in total. The van der Waals surface area contributed by atoms with Crippen LogP contribution in [0.5, 0.6) is 0 Å². The Hall–Kier alpha value is -2.05. The third-order valence-electron chi connectivity index (χ3n) is 4.07. The fourth-order valence-corrected chi connectivity index (χ4v) is 2.95. The highest BCUT2D eigenvalue weighted by Gasteiger charge is 2.12. The van der Waals surface area contributed by atoms with Crippen LogP contribution in [0.15, 0.2) is 17.1 Å². The van der Waals surface area contributed by atoms with E-state index in [9.17, 15) is 9.59 Å². The van der Waals surface area contributed by atoms with E-state index in [0.29, 0.717) is 48.8 Å². The maximum absolute atomic E-state index is 12.4. The number of ether oxygens (including phenoxy) is 5. The molecule has 0 unspecified atom stereocenters. The summed E-state index contributed by atoms with van der Waals surface area (Å²) in [6.45, 7) is 6.14. The van der Waals surface area contributed by atoms with Crippen LogP contribution in [0, 0.1) is 4.77 Å². The van der Waals surface area contributed by atoms with Crippen LogP contribution in [0.2, 0.25) is 0 Å². The van der Waals surface area contributed by atoms with E-state index in [1.165, 1.54) is 0 Å². The van der Waals surface area contributed by atoms with Crippen molar-refractivity contribution in [3.63, 3.8) is 0 Å². The summed E-state index contributed by atoms with van der Waals surface area (Å²) in [7, 11) is 1.59. The normalized spacial score (nSPS) is 11.5. The van der Waals surface area contributed by atoms with Gasteiger partial charge in [-0.3, -0.25) is 9.78 Å². The van der Waals surface area contributed by atoms with Gasteiger partial charge >= 0.3 is 5.97 Å². The minimum atomic E-state index is -0.539. The minimum Gasteiger partial charge on any atom is -0.442 e. The Morgan fingerprint density at radius 2 is 1.90 bits per heavy atom. The molecule has 0 fully saturated rings. The smallest absolute Gasteiger partial charge is 0.333 e. The zero-order valence-electron chi connectivity index (χ0n) is 17.5. The molecule has 0 saturated carbocycles. The van der Waals surface area contributed by atoms with Crippen molar-refractivity contribution in [1.29, 1.82) is 0 Å². The highest BCUT2D eigenvalue weighted by molar-refractivity contribution is 7.71.